The van der Waals surface area contributed by atoms with E-state index in [4.69, 9.17) is 0 Å². The molecule has 15 heavy (non-hydrogen) atoms. The van der Waals surface area contributed by atoms with Crippen molar-refractivity contribution in [3.8, 4) is 0 Å². The zero-order valence-corrected chi connectivity index (χ0v) is 9.97. The lowest BCUT2D eigenvalue weighted by molar-refractivity contribution is 0.0781. The molecule has 2 fully saturated rings. The van der Waals surface area contributed by atoms with Crippen LogP contribution in [0.5, 0.6) is 0 Å². The lowest BCUT2D eigenvalue weighted by Gasteiger charge is -2.36. The molecule has 88 valence electrons. The normalized spacial score (nSPS) is 27.6. The van der Waals surface area contributed by atoms with Gasteiger partial charge < -0.3 is 10.4 Å². The summed E-state index contributed by atoms with van der Waals surface area (Å²) in [7, 11) is 0. The van der Waals surface area contributed by atoms with Crippen LogP contribution in [0.3, 0.4) is 0 Å². The summed E-state index contributed by atoms with van der Waals surface area (Å²) in [5.41, 5.74) is 0.210. The summed E-state index contributed by atoms with van der Waals surface area (Å²) in [6.45, 7) is 3.70. The lowest BCUT2D eigenvalue weighted by Crippen LogP contribution is -2.42. The van der Waals surface area contributed by atoms with Crippen LogP contribution >= 0.6 is 0 Å². The van der Waals surface area contributed by atoms with Crippen molar-refractivity contribution < 1.29 is 5.11 Å². The van der Waals surface area contributed by atoms with Crippen molar-refractivity contribution in [1.29, 1.82) is 0 Å². The van der Waals surface area contributed by atoms with E-state index in [0.29, 0.717) is 12.6 Å². The second-order valence-corrected chi connectivity index (χ2v) is 5.73. The first-order valence-corrected chi connectivity index (χ1v) is 6.60. The van der Waals surface area contributed by atoms with Crippen molar-refractivity contribution in [1.82, 2.24) is 5.32 Å². The standard InChI is InChI=1S/C13H25NO/c1-11(12-5-6-12)14-9-13(10-15)7-3-2-4-8-13/h11-12,14-15H,2-10H2,1H3. The van der Waals surface area contributed by atoms with E-state index in [1.807, 2.05) is 0 Å². The topological polar surface area (TPSA) is 32.3 Å². The van der Waals surface area contributed by atoms with Gasteiger partial charge in [-0.05, 0) is 38.5 Å². The minimum atomic E-state index is 0.210. The summed E-state index contributed by atoms with van der Waals surface area (Å²) < 4.78 is 0. The van der Waals surface area contributed by atoms with Gasteiger partial charge >= 0.3 is 0 Å². The summed E-state index contributed by atoms with van der Waals surface area (Å²) in [5.74, 6) is 0.921. The smallest absolute Gasteiger partial charge is 0.0499 e. The second-order valence-electron chi connectivity index (χ2n) is 5.73. The summed E-state index contributed by atoms with van der Waals surface area (Å²) >= 11 is 0. The Morgan fingerprint density at radius 1 is 1.27 bits per heavy atom. The Morgan fingerprint density at radius 2 is 1.93 bits per heavy atom. The van der Waals surface area contributed by atoms with E-state index in [1.54, 1.807) is 0 Å². The van der Waals surface area contributed by atoms with Gasteiger partial charge in [0.05, 0.1) is 0 Å². The number of nitrogens with one attached hydrogen (secondary N) is 1. The molecule has 0 heterocycles. The van der Waals surface area contributed by atoms with E-state index < -0.39 is 0 Å². The Balaban J connectivity index is 1.78. The second kappa shape index (κ2) is 4.84. The predicted octanol–water partition coefficient (Wildman–Crippen LogP) is 2.32. The van der Waals surface area contributed by atoms with E-state index in [0.717, 1.165) is 12.5 Å². The van der Waals surface area contributed by atoms with Crippen LogP contribution in [0.15, 0.2) is 0 Å². The first-order valence-electron chi connectivity index (χ1n) is 6.60. The van der Waals surface area contributed by atoms with Crippen LogP contribution < -0.4 is 5.32 Å². The molecule has 1 atom stereocenters. The Kier molecular flexibility index (Phi) is 3.68. The Hall–Kier alpha value is -0.0800. The van der Waals surface area contributed by atoms with Crippen LogP contribution in [0.25, 0.3) is 0 Å². The van der Waals surface area contributed by atoms with Gasteiger partial charge in [-0.2, -0.15) is 0 Å². The fraction of sp³-hybridized carbons (Fsp3) is 1.00. The maximum Gasteiger partial charge on any atom is 0.0499 e. The molecule has 2 aliphatic rings. The van der Waals surface area contributed by atoms with Crippen molar-refractivity contribution in [3.63, 3.8) is 0 Å². The molecule has 0 aromatic carbocycles. The highest BCUT2D eigenvalue weighted by Crippen LogP contribution is 2.37. The van der Waals surface area contributed by atoms with Crippen molar-refractivity contribution in [2.45, 2.75) is 57.9 Å². The molecular weight excluding hydrogens is 186 g/mol. The number of hydrogen-bond acceptors (Lipinski definition) is 2. The maximum atomic E-state index is 9.57. The van der Waals surface area contributed by atoms with Gasteiger partial charge in [0.25, 0.3) is 0 Å². The van der Waals surface area contributed by atoms with Crippen LogP contribution in [0.2, 0.25) is 0 Å². The van der Waals surface area contributed by atoms with Crippen LogP contribution in [-0.2, 0) is 0 Å². The molecule has 2 nitrogen and oxygen atoms in total. The van der Waals surface area contributed by atoms with Gasteiger partial charge in [0, 0.05) is 24.6 Å². The third kappa shape index (κ3) is 2.94. The van der Waals surface area contributed by atoms with E-state index in [2.05, 4.69) is 12.2 Å². The summed E-state index contributed by atoms with van der Waals surface area (Å²) in [6.07, 6.45) is 9.21. The maximum absolute atomic E-state index is 9.57. The van der Waals surface area contributed by atoms with Crippen molar-refractivity contribution in [2.24, 2.45) is 11.3 Å². The van der Waals surface area contributed by atoms with E-state index in [-0.39, 0.29) is 5.41 Å². The van der Waals surface area contributed by atoms with Gasteiger partial charge in [-0.25, -0.2) is 0 Å². The molecule has 0 aromatic heterocycles. The average Bonchev–Trinajstić information content (AvgIpc) is 3.11. The highest BCUT2D eigenvalue weighted by molar-refractivity contribution is 4.88. The molecule has 1 unspecified atom stereocenters. The molecule has 0 aromatic rings. The summed E-state index contributed by atoms with van der Waals surface area (Å²) in [4.78, 5) is 0. The third-order valence-corrected chi connectivity index (χ3v) is 4.38. The Labute approximate surface area is 93.5 Å². The lowest BCUT2D eigenvalue weighted by atomic mass is 9.74. The van der Waals surface area contributed by atoms with Crippen LogP contribution in [0, 0.1) is 11.3 Å². The molecule has 2 N–H and O–H groups in total. The zero-order chi connectivity index (χ0) is 10.7. The number of aliphatic hydroxyl groups excluding tert-OH is 1. The van der Waals surface area contributed by atoms with E-state index in [1.165, 1.54) is 44.9 Å². The Morgan fingerprint density at radius 3 is 2.47 bits per heavy atom. The SMILES string of the molecule is CC(NCC1(CO)CCCCC1)C1CC1. The fourth-order valence-electron chi connectivity index (χ4n) is 2.83. The van der Waals surface area contributed by atoms with Gasteiger partial charge in [-0.15, -0.1) is 0 Å². The van der Waals surface area contributed by atoms with Gasteiger partial charge in [-0.3, -0.25) is 0 Å². The summed E-state index contributed by atoms with van der Waals surface area (Å²) in [5, 5.41) is 13.2. The van der Waals surface area contributed by atoms with Crippen molar-refractivity contribution in [2.75, 3.05) is 13.2 Å². The first kappa shape index (κ1) is 11.4. The molecular formula is C13H25NO. The van der Waals surface area contributed by atoms with Crippen LogP contribution in [0.4, 0.5) is 0 Å². The third-order valence-electron chi connectivity index (χ3n) is 4.38. The molecule has 2 aliphatic carbocycles. The van der Waals surface area contributed by atoms with E-state index >= 15 is 0 Å². The van der Waals surface area contributed by atoms with Crippen molar-refractivity contribution in [3.05, 3.63) is 0 Å². The molecule has 0 aliphatic heterocycles. The molecule has 0 bridgehead atoms. The molecule has 0 spiro atoms. The van der Waals surface area contributed by atoms with Crippen LogP contribution in [-0.4, -0.2) is 24.3 Å². The molecule has 2 saturated carbocycles. The van der Waals surface area contributed by atoms with E-state index in [9.17, 15) is 5.11 Å². The first-order chi connectivity index (χ1) is 7.26. The van der Waals surface area contributed by atoms with Gasteiger partial charge in [0.1, 0.15) is 0 Å². The summed E-state index contributed by atoms with van der Waals surface area (Å²) in [6, 6.07) is 0.662. The largest absolute Gasteiger partial charge is 0.396 e. The van der Waals surface area contributed by atoms with Crippen molar-refractivity contribution >= 4 is 0 Å². The fourth-order valence-corrected chi connectivity index (χ4v) is 2.83. The number of hydrogen-bond donors (Lipinski definition) is 2. The molecule has 0 amide bonds. The molecule has 0 saturated heterocycles. The van der Waals surface area contributed by atoms with Crippen LogP contribution in [0.1, 0.15) is 51.9 Å². The van der Waals surface area contributed by atoms with Gasteiger partial charge in [0.15, 0.2) is 0 Å². The average molecular weight is 211 g/mol. The number of rotatable bonds is 5. The number of aliphatic hydroxyl groups is 1. The quantitative estimate of drug-likeness (QED) is 0.731. The highest BCUT2D eigenvalue weighted by atomic mass is 16.3. The minimum absolute atomic E-state index is 0.210. The highest BCUT2D eigenvalue weighted by Gasteiger charge is 2.33. The Bertz CT molecular complexity index is 195. The molecule has 2 rings (SSSR count). The zero-order valence-electron chi connectivity index (χ0n) is 9.97. The molecule has 0 radical (unpaired) electrons. The monoisotopic (exact) mass is 211 g/mol. The molecule has 2 heteroatoms. The minimum Gasteiger partial charge on any atom is -0.396 e. The van der Waals surface area contributed by atoms with Gasteiger partial charge in [0.2, 0.25) is 0 Å². The van der Waals surface area contributed by atoms with Gasteiger partial charge in [-0.1, -0.05) is 19.3 Å². The predicted molar refractivity (Wildman–Crippen MR) is 62.8 cm³/mol.